The summed E-state index contributed by atoms with van der Waals surface area (Å²) in [5.74, 6) is 1.66. The highest BCUT2D eigenvalue weighted by molar-refractivity contribution is 7.89. The van der Waals surface area contributed by atoms with E-state index in [1.807, 2.05) is 11.6 Å². The van der Waals surface area contributed by atoms with Gasteiger partial charge in [-0.05, 0) is 18.2 Å². The smallest absolute Gasteiger partial charge is 0.242 e. The molecule has 1 N–H and O–H groups in total. The molecule has 1 heterocycles. The van der Waals surface area contributed by atoms with Crippen molar-refractivity contribution in [3.05, 3.63) is 42.2 Å². The fourth-order valence-electron chi connectivity index (χ4n) is 3.15. The molecule has 31 heavy (non-hydrogen) atoms. The fraction of sp³-hybridized carbons (Fsp3) is 0.333. The number of imidazole rings is 1. The summed E-state index contributed by atoms with van der Waals surface area (Å²) >= 11 is 0. The lowest BCUT2D eigenvalue weighted by atomic mass is 10.2. The zero-order valence-electron chi connectivity index (χ0n) is 18.2. The first-order chi connectivity index (χ1) is 14.6. The van der Waals surface area contributed by atoms with Gasteiger partial charge in [-0.2, -0.15) is 0 Å². The Morgan fingerprint density at radius 3 is 2.32 bits per heavy atom. The van der Waals surface area contributed by atoms with Crippen LogP contribution in [-0.2, 0) is 28.3 Å². The van der Waals surface area contributed by atoms with Crippen molar-refractivity contribution in [3.8, 4) is 11.5 Å². The largest absolute Gasteiger partial charge is 0.497 e. The van der Waals surface area contributed by atoms with Gasteiger partial charge in [0.25, 0.3) is 0 Å². The van der Waals surface area contributed by atoms with Gasteiger partial charge in [0.05, 0.1) is 30.1 Å². The molecule has 0 unspecified atom stereocenters. The first-order valence-electron chi connectivity index (χ1n) is 9.56. The van der Waals surface area contributed by atoms with Crippen molar-refractivity contribution in [2.24, 2.45) is 7.05 Å². The Hall–Kier alpha value is -3.11. The van der Waals surface area contributed by atoms with Crippen LogP contribution < -0.4 is 14.8 Å². The standard InChI is InChI=1S/C21H26N4O5S/c1-24(2)31(27,28)17-6-7-19-18(13-17)23-20(25(19)3)8-9-21(26)22-14-10-15(29-4)12-16(11-14)30-5/h6-7,10-13H,8-9H2,1-5H3,(H,22,26). The molecule has 10 heteroatoms. The summed E-state index contributed by atoms with van der Waals surface area (Å²) in [5, 5.41) is 2.84. The highest BCUT2D eigenvalue weighted by atomic mass is 32.2. The Balaban J connectivity index is 1.75. The molecule has 0 fully saturated rings. The van der Waals surface area contributed by atoms with Crippen LogP contribution in [0.2, 0.25) is 0 Å². The maximum absolute atomic E-state index is 12.5. The molecule has 0 aliphatic carbocycles. The Morgan fingerprint density at radius 1 is 1.10 bits per heavy atom. The molecule has 166 valence electrons. The van der Waals surface area contributed by atoms with Crippen LogP contribution in [0.15, 0.2) is 41.3 Å². The van der Waals surface area contributed by atoms with Crippen LogP contribution in [0.4, 0.5) is 5.69 Å². The molecular weight excluding hydrogens is 420 g/mol. The molecule has 9 nitrogen and oxygen atoms in total. The van der Waals surface area contributed by atoms with E-state index in [9.17, 15) is 13.2 Å². The summed E-state index contributed by atoms with van der Waals surface area (Å²) in [6.07, 6.45) is 0.605. The predicted octanol–water partition coefficient (Wildman–Crippen LogP) is 2.41. The minimum atomic E-state index is -3.54. The summed E-state index contributed by atoms with van der Waals surface area (Å²) in [7, 11) is 4.36. The van der Waals surface area contributed by atoms with Crippen molar-refractivity contribution in [1.29, 1.82) is 0 Å². The molecule has 0 saturated carbocycles. The summed E-state index contributed by atoms with van der Waals surface area (Å²) in [6.45, 7) is 0. The van der Waals surface area contributed by atoms with Gasteiger partial charge in [-0.3, -0.25) is 4.79 Å². The molecule has 0 spiro atoms. The topological polar surface area (TPSA) is 103 Å². The Labute approximate surface area is 181 Å². The fourth-order valence-corrected chi connectivity index (χ4v) is 4.08. The third-order valence-corrected chi connectivity index (χ3v) is 6.75. The second kappa shape index (κ2) is 8.94. The molecule has 1 amide bonds. The second-order valence-electron chi connectivity index (χ2n) is 7.17. The lowest BCUT2D eigenvalue weighted by Gasteiger charge is -2.11. The lowest BCUT2D eigenvalue weighted by Crippen LogP contribution is -2.22. The number of anilines is 1. The van der Waals surface area contributed by atoms with Gasteiger partial charge >= 0.3 is 0 Å². The van der Waals surface area contributed by atoms with Crippen LogP contribution >= 0.6 is 0 Å². The monoisotopic (exact) mass is 446 g/mol. The first-order valence-corrected chi connectivity index (χ1v) is 11.0. The average Bonchev–Trinajstić information content (AvgIpc) is 3.06. The van der Waals surface area contributed by atoms with Crippen LogP contribution in [0.25, 0.3) is 11.0 Å². The number of hydrogen-bond donors (Lipinski definition) is 1. The van der Waals surface area contributed by atoms with Gasteiger partial charge in [0.1, 0.15) is 17.3 Å². The quantitative estimate of drug-likeness (QED) is 0.570. The maximum atomic E-state index is 12.5. The van der Waals surface area contributed by atoms with Gasteiger partial charge in [0.15, 0.2) is 0 Å². The number of aromatic nitrogens is 2. The van der Waals surface area contributed by atoms with Crippen molar-refractivity contribution in [3.63, 3.8) is 0 Å². The lowest BCUT2D eigenvalue weighted by molar-refractivity contribution is -0.116. The Morgan fingerprint density at radius 2 is 1.74 bits per heavy atom. The number of amides is 1. The maximum Gasteiger partial charge on any atom is 0.242 e. The van der Waals surface area contributed by atoms with E-state index in [1.54, 1.807) is 50.6 Å². The summed E-state index contributed by atoms with van der Waals surface area (Å²) in [5.41, 5.74) is 1.94. The van der Waals surface area contributed by atoms with E-state index >= 15 is 0 Å². The van der Waals surface area contributed by atoms with E-state index in [1.165, 1.54) is 14.1 Å². The third kappa shape index (κ3) is 4.80. The SMILES string of the molecule is COc1cc(NC(=O)CCc2nc3cc(S(=O)(=O)N(C)C)ccc3n2C)cc(OC)c1. The minimum absolute atomic E-state index is 0.180. The molecule has 0 aliphatic heterocycles. The molecule has 0 bridgehead atoms. The number of nitrogens with one attached hydrogen (secondary N) is 1. The van der Waals surface area contributed by atoms with Crippen molar-refractivity contribution in [2.45, 2.75) is 17.7 Å². The van der Waals surface area contributed by atoms with Crippen LogP contribution in [0, 0.1) is 0 Å². The van der Waals surface area contributed by atoms with Crippen molar-refractivity contribution >= 4 is 32.7 Å². The van der Waals surface area contributed by atoms with Crippen molar-refractivity contribution in [1.82, 2.24) is 13.9 Å². The number of fused-ring (bicyclic) bond motifs is 1. The average molecular weight is 447 g/mol. The number of methoxy groups -OCH3 is 2. The number of aryl methyl sites for hydroxylation is 2. The normalized spacial score (nSPS) is 11.7. The number of sulfonamides is 1. The van der Waals surface area contributed by atoms with Gasteiger partial charge in [0.2, 0.25) is 15.9 Å². The van der Waals surface area contributed by atoms with E-state index in [2.05, 4.69) is 10.3 Å². The number of carbonyl (C=O) groups is 1. The van der Waals surface area contributed by atoms with Crippen molar-refractivity contribution in [2.75, 3.05) is 33.6 Å². The zero-order chi connectivity index (χ0) is 22.8. The summed E-state index contributed by atoms with van der Waals surface area (Å²) in [6, 6.07) is 9.98. The Bertz CT molecular complexity index is 1200. The number of ether oxygens (including phenoxy) is 2. The molecule has 3 aromatic rings. The number of nitrogens with zero attached hydrogens (tertiary/aromatic N) is 3. The van der Waals surface area contributed by atoms with Crippen LogP contribution in [0.5, 0.6) is 11.5 Å². The first kappa shape index (κ1) is 22.6. The number of benzene rings is 2. The molecule has 0 radical (unpaired) electrons. The highest BCUT2D eigenvalue weighted by Gasteiger charge is 2.19. The minimum Gasteiger partial charge on any atom is -0.497 e. The van der Waals surface area contributed by atoms with E-state index in [0.717, 1.165) is 9.82 Å². The van der Waals surface area contributed by atoms with Gasteiger partial charge in [-0.1, -0.05) is 0 Å². The van der Waals surface area contributed by atoms with E-state index in [4.69, 9.17) is 9.47 Å². The molecule has 1 aromatic heterocycles. The Kier molecular flexibility index (Phi) is 6.51. The molecule has 0 atom stereocenters. The van der Waals surface area contributed by atoms with Crippen molar-refractivity contribution < 1.29 is 22.7 Å². The summed E-state index contributed by atoms with van der Waals surface area (Å²) in [4.78, 5) is 17.2. The van der Waals surface area contributed by atoms with Gasteiger partial charge < -0.3 is 19.4 Å². The highest BCUT2D eigenvalue weighted by Crippen LogP contribution is 2.26. The van der Waals surface area contributed by atoms with Crippen LogP contribution in [-0.4, -0.2) is 56.5 Å². The van der Waals surface area contributed by atoms with Gasteiger partial charge in [-0.15, -0.1) is 0 Å². The van der Waals surface area contributed by atoms with Crippen LogP contribution in [0.1, 0.15) is 12.2 Å². The number of hydrogen-bond acceptors (Lipinski definition) is 6. The second-order valence-corrected chi connectivity index (χ2v) is 9.33. The van der Waals surface area contributed by atoms with E-state index < -0.39 is 10.0 Å². The summed E-state index contributed by atoms with van der Waals surface area (Å²) < 4.78 is 38.2. The van der Waals surface area contributed by atoms with Gasteiger partial charge in [-0.25, -0.2) is 17.7 Å². The molecular formula is C21H26N4O5S. The molecule has 0 saturated heterocycles. The van der Waals surface area contributed by atoms with Gasteiger partial charge in [0, 0.05) is 57.9 Å². The van der Waals surface area contributed by atoms with Crippen LogP contribution in [0.3, 0.4) is 0 Å². The molecule has 0 aliphatic rings. The third-order valence-electron chi connectivity index (χ3n) is 4.93. The zero-order valence-corrected chi connectivity index (χ0v) is 19.0. The van der Waals surface area contributed by atoms with E-state index in [-0.39, 0.29) is 17.2 Å². The predicted molar refractivity (Wildman–Crippen MR) is 118 cm³/mol. The number of carbonyl (C=O) groups excluding carboxylic acids is 1. The molecule has 2 aromatic carbocycles. The van der Waals surface area contributed by atoms with E-state index in [0.29, 0.717) is 34.9 Å². The number of rotatable bonds is 8. The molecule has 3 rings (SSSR count).